The Hall–Kier alpha value is -3.26. The van der Waals surface area contributed by atoms with Crippen LogP contribution in [0.25, 0.3) is 16.9 Å². The van der Waals surface area contributed by atoms with Crippen LogP contribution in [0, 0.1) is 0 Å². The number of hydrogen-bond donors (Lipinski definition) is 1. The summed E-state index contributed by atoms with van der Waals surface area (Å²) in [5, 5.41) is 16.2. The average Bonchev–Trinajstić information content (AvgIpc) is 3.36. The van der Waals surface area contributed by atoms with Gasteiger partial charge in [0.1, 0.15) is 12.1 Å². The van der Waals surface area contributed by atoms with Gasteiger partial charge < -0.3 is 14.6 Å². The van der Waals surface area contributed by atoms with Crippen LogP contribution in [0.3, 0.4) is 0 Å². The van der Waals surface area contributed by atoms with Crippen LogP contribution in [0.15, 0.2) is 55.0 Å². The number of benzene rings is 1. The first-order chi connectivity index (χ1) is 13.3. The normalized spacial score (nSPS) is 12.4. The van der Waals surface area contributed by atoms with Gasteiger partial charge in [-0.05, 0) is 6.92 Å². The highest BCUT2D eigenvalue weighted by Crippen LogP contribution is 2.24. The third kappa shape index (κ3) is 3.52. The van der Waals surface area contributed by atoms with E-state index in [-0.39, 0.29) is 6.04 Å². The van der Waals surface area contributed by atoms with Crippen LogP contribution in [-0.4, -0.2) is 43.1 Å². The molecule has 0 amide bonds. The van der Waals surface area contributed by atoms with E-state index < -0.39 is 0 Å². The van der Waals surface area contributed by atoms with Crippen molar-refractivity contribution in [3.63, 3.8) is 0 Å². The molecule has 8 nitrogen and oxygen atoms in total. The molecule has 4 rings (SSSR count). The molecular formula is C19H21N7O. The second-order valence-electron chi connectivity index (χ2n) is 6.24. The zero-order valence-corrected chi connectivity index (χ0v) is 15.3. The van der Waals surface area contributed by atoms with Crippen LogP contribution in [0.1, 0.15) is 18.8 Å². The number of rotatable bonds is 7. The van der Waals surface area contributed by atoms with Crippen molar-refractivity contribution in [1.29, 1.82) is 0 Å². The van der Waals surface area contributed by atoms with Gasteiger partial charge in [0.2, 0.25) is 0 Å². The Kier molecular flexibility index (Phi) is 4.80. The summed E-state index contributed by atoms with van der Waals surface area (Å²) >= 11 is 0. The zero-order valence-electron chi connectivity index (χ0n) is 15.3. The fourth-order valence-electron chi connectivity index (χ4n) is 3.02. The van der Waals surface area contributed by atoms with Gasteiger partial charge in [0.15, 0.2) is 11.5 Å². The van der Waals surface area contributed by atoms with E-state index in [2.05, 4.69) is 20.6 Å². The van der Waals surface area contributed by atoms with E-state index in [1.54, 1.807) is 24.1 Å². The molecule has 0 aliphatic heterocycles. The van der Waals surface area contributed by atoms with Gasteiger partial charge in [0.05, 0.1) is 24.5 Å². The van der Waals surface area contributed by atoms with Crippen LogP contribution in [0.4, 0.5) is 5.82 Å². The smallest absolute Gasteiger partial charge is 0.157 e. The summed E-state index contributed by atoms with van der Waals surface area (Å²) < 4.78 is 8.94. The maximum atomic E-state index is 5.16. The molecule has 1 aromatic carbocycles. The molecule has 0 saturated heterocycles. The lowest BCUT2D eigenvalue weighted by Gasteiger charge is -2.17. The molecule has 138 valence electrons. The molecule has 0 spiro atoms. The molecule has 0 unspecified atom stereocenters. The number of nitrogens with zero attached hydrogens (tertiary/aromatic N) is 6. The molecule has 4 aromatic rings. The van der Waals surface area contributed by atoms with Gasteiger partial charge in [-0.25, -0.2) is 4.98 Å². The fourth-order valence-corrected chi connectivity index (χ4v) is 3.02. The third-order valence-electron chi connectivity index (χ3n) is 4.36. The minimum atomic E-state index is -0.0669. The standard InChI is InChI=1S/C19H21N7O/c1-14(19-24-20-13-25(19)10-11-27-2)22-18-12-16(15-6-4-3-5-7-15)23-17-8-9-21-26(17)18/h3-9,12-14,22H,10-11H2,1-2H3/t14-/m1/s1. The summed E-state index contributed by atoms with van der Waals surface area (Å²) in [6.07, 6.45) is 3.46. The molecule has 27 heavy (non-hydrogen) atoms. The summed E-state index contributed by atoms with van der Waals surface area (Å²) in [5.41, 5.74) is 2.73. The van der Waals surface area contributed by atoms with Crippen LogP contribution in [-0.2, 0) is 11.3 Å². The summed E-state index contributed by atoms with van der Waals surface area (Å²) in [6, 6.07) is 13.9. The van der Waals surface area contributed by atoms with Crippen molar-refractivity contribution >= 4 is 11.5 Å². The highest BCUT2D eigenvalue weighted by atomic mass is 16.5. The molecule has 1 N–H and O–H groups in total. The van der Waals surface area contributed by atoms with Gasteiger partial charge in [0.25, 0.3) is 0 Å². The molecule has 0 radical (unpaired) electrons. The van der Waals surface area contributed by atoms with Crippen molar-refractivity contribution in [2.45, 2.75) is 19.5 Å². The van der Waals surface area contributed by atoms with Gasteiger partial charge in [-0.3, -0.25) is 0 Å². The second-order valence-corrected chi connectivity index (χ2v) is 6.24. The molecule has 0 fully saturated rings. The van der Waals surface area contributed by atoms with E-state index in [1.165, 1.54) is 0 Å². The van der Waals surface area contributed by atoms with Crippen molar-refractivity contribution < 1.29 is 4.74 Å². The Balaban J connectivity index is 1.67. The highest BCUT2D eigenvalue weighted by Gasteiger charge is 2.16. The zero-order chi connectivity index (χ0) is 18.6. The quantitative estimate of drug-likeness (QED) is 0.544. The molecule has 0 aliphatic carbocycles. The van der Waals surface area contributed by atoms with Crippen LogP contribution < -0.4 is 5.32 Å². The van der Waals surface area contributed by atoms with E-state index in [0.717, 1.165) is 28.5 Å². The number of ether oxygens (including phenoxy) is 1. The van der Waals surface area contributed by atoms with Crippen molar-refractivity contribution in [2.24, 2.45) is 0 Å². The van der Waals surface area contributed by atoms with Gasteiger partial charge in [0, 0.05) is 31.4 Å². The lowest BCUT2D eigenvalue weighted by Crippen LogP contribution is -2.17. The molecule has 0 bridgehead atoms. The summed E-state index contributed by atoms with van der Waals surface area (Å²) in [6.45, 7) is 3.35. The molecule has 3 aromatic heterocycles. The van der Waals surface area contributed by atoms with E-state index in [1.807, 2.05) is 54.0 Å². The lowest BCUT2D eigenvalue weighted by atomic mass is 10.1. The molecule has 8 heteroatoms. The highest BCUT2D eigenvalue weighted by molar-refractivity contribution is 5.66. The predicted octanol–water partition coefficient (Wildman–Crippen LogP) is 2.81. The van der Waals surface area contributed by atoms with E-state index >= 15 is 0 Å². The average molecular weight is 363 g/mol. The molecule has 0 aliphatic rings. The van der Waals surface area contributed by atoms with Gasteiger partial charge in [-0.2, -0.15) is 9.61 Å². The fraction of sp³-hybridized carbons (Fsp3) is 0.263. The number of fused-ring (bicyclic) bond motifs is 1. The van der Waals surface area contributed by atoms with Crippen LogP contribution in [0.2, 0.25) is 0 Å². The van der Waals surface area contributed by atoms with Gasteiger partial charge in [-0.1, -0.05) is 30.3 Å². The summed E-state index contributed by atoms with van der Waals surface area (Å²) in [7, 11) is 1.68. The van der Waals surface area contributed by atoms with E-state index in [9.17, 15) is 0 Å². The maximum absolute atomic E-state index is 5.16. The first-order valence-corrected chi connectivity index (χ1v) is 8.79. The van der Waals surface area contributed by atoms with Gasteiger partial charge >= 0.3 is 0 Å². The number of aromatic nitrogens is 6. The van der Waals surface area contributed by atoms with E-state index in [4.69, 9.17) is 9.72 Å². The minimum absolute atomic E-state index is 0.0669. The van der Waals surface area contributed by atoms with Gasteiger partial charge in [-0.15, -0.1) is 10.2 Å². The Morgan fingerprint density at radius 1 is 1.19 bits per heavy atom. The Bertz CT molecular complexity index is 1020. The first-order valence-electron chi connectivity index (χ1n) is 8.79. The first kappa shape index (κ1) is 17.2. The van der Waals surface area contributed by atoms with E-state index in [0.29, 0.717) is 13.2 Å². The number of methoxy groups -OCH3 is 1. The summed E-state index contributed by atoms with van der Waals surface area (Å²) in [4.78, 5) is 4.70. The monoisotopic (exact) mass is 363 g/mol. The molecule has 3 heterocycles. The maximum Gasteiger partial charge on any atom is 0.157 e. The topological polar surface area (TPSA) is 82.2 Å². The Morgan fingerprint density at radius 3 is 2.85 bits per heavy atom. The minimum Gasteiger partial charge on any atom is -0.383 e. The number of nitrogens with one attached hydrogen (secondary N) is 1. The SMILES string of the molecule is COCCn1cnnc1[C@@H](C)Nc1cc(-c2ccccc2)nc2ccnn12. The second kappa shape index (κ2) is 7.55. The van der Waals surface area contributed by atoms with Crippen LogP contribution in [0.5, 0.6) is 0 Å². The molecular weight excluding hydrogens is 342 g/mol. The lowest BCUT2D eigenvalue weighted by molar-refractivity contribution is 0.186. The van der Waals surface area contributed by atoms with Crippen molar-refractivity contribution in [1.82, 2.24) is 29.4 Å². The number of anilines is 1. The number of hydrogen-bond acceptors (Lipinski definition) is 6. The molecule has 0 saturated carbocycles. The van der Waals surface area contributed by atoms with Crippen molar-refractivity contribution in [3.05, 3.63) is 60.8 Å². The third-order valence-corrected chi connectivity index (χ3v) is 4.36. The van der Waals surface area contributed by atoms with Crippen molar-refractivity contribution in [2.75, 3.05) is 19.0 Å². The van der Waals surface area contributed by atoms with Crippen molar-refractivity contribution in [3.8, 4) is 11.3 Å². The Morgan fingerprint density at radius 2 is 2.04 bits per heavy atom. The Labute approximate surface area is 156 Å². The van der Waals surface area contributed by atoms with Crippen LogP contribution >= 0.6 is 0 Å². The largest absolute Gasteiger partial charge is 0.383 e. The predicted molar refractivity (Wildman–Crippen MR) is 102 cm³/mol. The molecule has 1 atom stereocenters. The summed E-state index contributed by atoms with van der Waals surface area (Å²) in [5.74, 6) is 1.68.